The lowest BCUT2D eigenvalue weighted by molar-refractivity contribution is -0.0994. The molecule has 1 fully saturated rings. The molecule has 4 aromatic rings. The zero-order chi connectivity index (χ0) is 29.9. The number of nitrogens with zero attached hydrogens (tertiary/aromatic N) is 1. The van der Waals surface area contributed by atoms with Crippen molar-refractivity contribution in [3.63, 3.8) is 0 Å². The Balaban J connectivity index is 0.000000216. The molecule has 0 spiro atoms. The van der Waals surface area contributed by atoms with Crippen molar-refractivity contribution >= 4 is 28.9 Å². The molecule has 0 radical (unpaired) electrons. The lowest BCUT2D eigenvalue weighted by atomic mass is 10.2. The molecule has 5 rings (SSSR count). The van der Waals surface area contributed by atoms with Gasteiger partial charge >= 0.3 is 0 Å². The number of amides is 1. The summed E-state index contributed by atoms with van der Waals surface area (Å²) in [4.78, 5) is 32.1. The van der Waals surface area contributed by atoms with Crippen molar-refractivity contribution in [2.45, 2.75) is 24.5 Å². The Morgan fingerprint density at radius 1 is 1.12 bits per heavy atom. The number of aryl methyl sites for hydroxylation is 1. The van der Waals surface area contributed by atoms with E-state index in [-0.39, 0.29) is 35.1 Å². The SMILES string of the molecule is COc1cccc(CNC(=O)c2nc3ccc(F)c(OC)c3c(=O)[nH]2)c1.Cc1ccc(SOCC2COCCO2)cc1. The first-order valence-corrected chi connectivity index (χ1v) is 13.8. The van der Waals surface area contributed by atoms with Crippen molar-refractivity contribution in [2.75, 3.05) is 40.6 Å². The fourth-order valence-electron chi connectivity index (χ4n) is 3.94. The van der Waals surface area contributed by atoms with Gasteiger partial charge in [-0.15, -0.1) is 0 Å². The van der Waals surface area contributed by atoms with Crippen molar-refractivity contribution in [1.82, 2.24) is 15.3 Å². The van der Waals surface area contributed by atoms with E-state index in [0.29, 0.717) is 32.2 Å². The predicted octanol–water partition coefficient (Wildman–Crippen LogP) is 4.44. The maximum atomic E-state index is 13.7. The Kier molecular flexibility index (Phi) is 11.3. The summed E-state index contributed by atoms with van der Waals surface area (Å²) in [6.07, 6.45) is 0.0756. The number of aromatic amines is 1. The average Bonchev–Trinajstić information content (AvgIpc) is 3.02. The van der Waals surface area contributed by atoms with Crippen LogP contribution in [0.15, 0.2) is 70.4 Å². The van der Waals surface area contributed by atoms with E-state index in [4.69, 9.17) is 23.1 Å². The fraction of sp³-hybridized carbons (Fsp3) is 0.300. The quantitative estimate of drug-likeness (QED) is 0.270. The molecular formula is C30H32FN3O7S. The van der Waals surface area contributed by atoms with Crippen LogP contribution >= 0.6 is 12.0 Å². The first kappa shape index (κ1) is 31.0. The van der Waals surface area contributed by atoms with E-state index in [2.05, 4.69) is 46.5 Å². The van der Waals surface area contributed by atoms with Gasteiger partial charge in [-0.25, -0.2) is 9.37 Å². The van der Waals surface area contributed by atoms with E-state index in [1.54, 1.807) is 25.3 Å². The second-order valence-electron chi connectivity index (χ2n) is 9.17. The summed E-state index contributed by atoms with van der Waals surface area (Å²) in [5, 5.41) is 2.62. The molecule has 0 aliphatic carbocycles. The molecule has 0 saturated carbocycles. The van der Waals surface area contributed by atoms with Crippen LogP contribution in [0, 0.1) is 12.7 Å². The Labute approximate surface area is 246 Å². The highest BCUT2D eigenvalue weighted by molar-refractivity contribution is 7.94. The van der Waals surface area contributed by atoms with Gasteiger partial charge in [-0.3, -0.25) is 9.59 Å². The van der Waals surface area contributed by atoms with E-state index in [1.807, 2.05) is 6.07 Å². The summed E-state index contributed by atoms with van der Waals surface area (Å²) in [7, 11) is 2.81. The molecular weight excluding hydrogens is 565 g/mol. The van der Waals surface area contributed by atoms with Gasteiger partial charge in [0.2, 0.25) is 0 Å². The number of H-pyrrole nitrogens is 1. The van der Waals surface area contributed by atoms with Gasteiger partial charge in [0.25, 0.3) is 11.5 Å². The molecule has 1 aliphatic heterocycles. The first-order chi connectivity index (χ1) is 20.4. The van der Waals surface area contributed by atoms with Crippen LogP contribution in [0.2, 0.25) is 0 Å². The molecule has 222 valence electrons. The van der Waals surface area contributed by atoms with Crippen molar-refractivity contribution < 1.29 is 32.3 Å². The van der Waals surface area contributed by atoms with Crippen LogP contribution in [0.1, 0.15) is 21.7 Å². The molecule has 1 aliphatic rings. The Bertz CT molecular complexity index is 1540. The summed E-state index contributed by atoms with van der Waals surface area (Å²) in [6.45, 7) is 4.87. The summed E-state index contributed by atoms with van der Waals surface area (Å²) >= 11 is 1.39. The van der Waals surface area contributed by atoms with Crippen LogP contribution in [0.25, 0.3) is 10.9 Å². The zero-order valence-corrected chi connectivity index (χ0v) is 24.3. The number of hydrogen-bond donors (Lipinski definition) is 2. The molecule has 1 unspecified atom stereocenters. The highest BCUT2D eigenvalue weighted by Crippen LogP contribution is 2.24. The van der Waals surface area contributed by atoms with Crippen molar-refractivity contribution in [2.24, 2.45) is 0 Å². The van der Waals surface area contributed by atoms with E-state index in [1.165, 1.54) is 30.8 Å². The lowest BCUT2D eigenvalue weighted by Crippen LogP contribution is -2.31. The number of methoxy groups -OCH3 is 2. The van der Waals surface area contributed by atoms with Crippen molar-refractivity contribution in [1.29, 1.82) is 0 Å². The van der Waals surface area contributed by atoms with Gasteiger partial charge in [0.05, 0.1) is 46.2 Å². The van der Waals surface area contributed by atoms with Gasteiger partial charge in [-0.1, -0.05) is 29.8 Å². The lowest BCUT2D eigenvalue weighted by Gasteiger charge is -2.22. The number of rotatable bonds is 9. The number of carbonyl (C=O) groups excluding carboxylic acids is 1. The van der Waals surface area contributed by atoms with Crippen LogP contribution in [0.3, 0.4) is 0 Å². The first-order valence-electron chi connectivity index (χ1n) is 13.1. The number of halogens is 1. The van der Waals surface area contributed by atoms with E-state index >= 15 is 0 Å². The molecule has 1 amide bonds. The van der Waals surface area contributed by atoms with Crippen molar-refractivity contribution in [3.05, 3.63) is 93.8 Å². The molecule has 1 aromatic heterocycles. The van der Waals surface area contributed by atoms with Crippen LogP contribution in [-0.2, 0) is 20.2 Å². The third-order valence-electron chi connectivity index (χ3n) is 6.10. The maximum Gasteiger partial charge on any atom is 0.287 e. The number of nitrogens with one attached hydrogen (secondary N) is 2. The monoisotopic (exact) mass is 597 g/mol. The Morgan fingerprint density at radius 3 is 2.64 bits per heavy atom. The summed E-state index contributed by atoms with van der Waals surface area (Å²) < 4.78 is 40.0. The molecule has 0 bridgehead atoms. The number of hydrogen-bond acceptors (Lipinski definition) is 9. The standard InChI is InChI=1S/C18H16FN3O4.C12H16O3S/c1-25-11-5-3-4-10(8-11)9-20-18(24)16-21-13-7-6-12(19)15(26-2)14(13)17(23)22-16;1-10-2-4-12(5-3-10)16-15-9-11-8-13-6-7-14-11/h3-8H,9H2,1-2H3,(H,20,24)(H,21,22,23);2-5,11H,6-9H2,1H3. The Hall–Kier alpha value is -3.97. The highest BCUT2D eigenvalue weighted by atomic mass is 32.2. The summed E-state index contributed by atoms with van der Waals surface area (Å²) in [5.41, 5.74) is 1.59. The number of carbonyl (C=O) groups is 1. The van der Waals surface area contributed by atoms with Crippen LogP contribution in [-0.4, -0.2) is 62.6 Å². The molecule has 12 heteroatoms. The predicted molar refractivity (Wildman–Crippen MR) is 157 cm³/mol. The molecule has 42 heavy (non-hydrogen) atoms. The second kappa shape index (κ2) is 15.3. The number of ether oxygens (including phenoxy) is 4. The van der Waals surface area contributed by atoms with E-state index in [0.717, 1.165) is 16.5 Å². The minimum atomic E-state index is -0.678. The summed E-state index contributed by atoms with van der Waals surface area (Å²) in [6, 6.07) is 17.9. The number of fused-ring (bicyclic) bond motifs is 1. The normalized spacial score (nSPS) is 14.5. The smallest absolute Gasteiger partial charge is 0.287 e. The van der Waals surface area contributed by atoms with Crippen molar-refractivity contribution in [3.8, 4) is 11.5 Å². The average molecular weight is 598 g/mol. The highest BCUT2D eigenvalue weighted by Gasteiger charge is 2.17. The van der Waals surface area contributed by atoms with Crippen LogP contribution in [0.4, 0.5) is 4.39 Å². The molecule has 1 saturated heterocycles. The molecule has 1 atom stereocenters. The van der Waals surface area contributed by atoms with Crippen LogP contribution < -0.4 is 20.3 Å². The van der Waals surface area contributed by atoms with Gasteiger partial charge < -0.3 is 33.4 Å². The van der Waals surface area contributed by atoms with Gasteiger partial charge in [0.1, 0.15) is 17.2 Å². The van der Waals surface area contributed by atoms with Gasteiger partial charge in [-0.2, -0.15) is 0 Å². The third kappa shape index (κ3) is 8.52. The van der Waals surface area contributed by atoms with E-state index < -0.39 is 17.3 Å². The van der Waals surface area contributed by atoms with Crippen LogP contribution in [0.5, 0.6) is 11.5 Å². The third-order valence-corrected chi connectivity index (χ3v) is 6.82. The molecule has 3 aromatic carbocycles. The maximum absolute atomic E-state index is 13.7. The minimum absolute atomic E-state index is 0.0446. The second-order valence-corrected chi connectivity index (χ2v) is 10.0. The largest absolute Gasteiger partial charge is 0.497 e. The fourth-order valence-corrected chi connectivity index (χ4v) is 4.54. The topological polar surface area (TPSA) is 121 Å². The summed E-state index contributed by atoms with van der Waals surface area (Å²) in [5.74, 6) is -0.945. The Morgan fingerprint density at radius 2 is 1.93 bits per heavy atom. The number of aromatic nitrogens is 2. The molecule has 10 nitrogen and oxygen atoms in total. The minimum Gasteiger partial charge on any atom is -0.497 e. The van der Waals surface area contributed by atoms with Gasteiger partial charge in [0.15, 0.2) is 17.4 Å². The molecule has 2 heterocycles. The van der Waals surface area contributed by atoms with E-state index in [9.17, 15) is 14.0 Å². The van der Waals surface area contributed by atoms with Gasteiger partial charge in [-0.05, 0) is 48.9 Å². The zero-order valence-electron chi connectivity index (χ0n) is 23.5. The number of benzene rings is 3. The van der Waals surface area contributed by atoms with Gasteiger partial charge in [0, 0.05) is 23.5 Å². The molecule has 2 N–H and O–H groups in total.